The quantitative estimate of drug-likeness (QED) is 0.525. The summed E-state index contributed by atoms with van der Waals surface area (Å²) < 4.78 is 18.5. The maximum atomic E-state index is 14.3. The average molecular weight is 367 g/mol. The Morgan fingerprint density at radius 3 is 2.57 bits per heavy atom. The van der Waals surface area contributed by atoms with Crippen molar-refractivity contribution in [2.75, 3.05) is 20.5 Å². The molecule has 2 aromatic rings. The number of hydrogen-bond acceptors (Lipinski definition) is 3. The predicted octanol–water partition coefficient (Wildman–Crippen LogP) is 5.44. The Morgan fingerprint density at radius 1 is 1.10 bits per heavy atom. The van der Waals surface area contributed by atoms with E-state index in [1.807, 2.05) is 41.6 Å². The number of rotatable bonds is 4. The highest BCUT2D eigenvalue weighted by atomic mass is 79.9. The summed E-state index contributed by atoms with van der Waals surface area (Å²) in [6.45, 7) is 2.83. The van der Waals surface area contributed by atoms with Gasteiger partial charge in [-0.25, -0.2) is 4.39 Å². The van der Waals surface area contributed by atoms with E-state index in [2.05, 4.69) is 26.3 Å². The fraction of sp³-hybridized carbons (Fsp3) is 0.250. The third-order valence-corrected chi connectivity index (χ3v) is 5.06. The molecule has 1 heterocycles. The van der Waals surface area contributed by atoms with Crippen LogP contribution in [-0.4, -0.2) is 11.9 Å². The van der Waals surface area contributed by atoms with Crippen molar-refractivity contribution in [1.29, 1.82) is 0 Å². The number of nitrogens with zero attached hydrogens (tertiary/aromatic N) is 2. The average Bonchev–Trinajstić information content (AvgIpc) is 2.84. The van der Waals surface area contributed by atoms with E-state index in [-0.39, 0.29) is 5.82 Å². The first-order valence-corrected chi connectivity index (χ1v) is 8.73. The van der Waals surface area contributed by atoms with E-state index >= 15 is 0 Å². The van der Waals surface area contributed by atoms with E-state index in [4.69, 9.17) is 0 Å². The van der Waals surface area contributed by atoms with Crippen molar-refractivity contribution in [2.45, 2.75) is 13.3 Å². The lowest BCUT2D eigenvalue weighted by atomic mass is 10.2. The smallest absolute Gasteiger partial charge is 0.148 e. The number of anilines is 3. The number of benzene rings is 2. The van der Waals surface area contributed by atoms with Gasteiger partial charge >= 0.3 is 0 Å². The van der Waals surface area contributed by atoms with Crippen LogP contribution in [0, 0.1) is 12.7 Å². The maximum absolute atomic E-state index is 14.3. The van der Waals surface area contributed by atoms with Crippen molar-refractivity contribution in [2.24, 2.45) is 0 Å². The van der Waals surface area contributed by atoms with Crippen LogP contribution >= 0.6 is 28.1 Å². The summed E-state index contributed by atoms with van der Waals surface area (Å²) in [5.74, 6) is -0.181. The normalized spacial score (nSPS) is 13.7. The van der Waals surface area contributed by atoms with Crippen LogP contribution in [0.25, 0.3) is 0 Å². The third kappa shape index (κ3) is 2.90. The predicted molar refractivity (Wildman–Crippen MR) is 93.1 cm³/mol. The molecule has 0 spiro atoms. The molecule has 2 aromatic carbocycles. The summed E-state index contributed by atoms with van der Waals surface area (Å²) >= 11 is 5.03. The molecule has 1 aliphatic rings. The van der Waals surface area contributed by atoms with Gasteiger partial charge in [0, 0.05) is 11.9 Å². The lowest BCUT2D eigenvalue weighted by molar-refractivity contribution is 0.629. The molecular formula is C16H16BrFN2S. The molecule has 2 nitrogen and oxygen atoms in total. The summed E-state index contributed by atoms with van der Waals surface area (Å²) in [4.78, 5) is 0. The van der Waals surface area contributed by atoms with Gasteiger partial charge in [0.25, 0.3) is 0 Å². The summed E-state index contributed by atoms with van der Waals surface area (Å²) in [6, 6.07) is 13.5. The van der Waals surface area contributed by atoms with Gasteiger partial charge in [0.15, 0.2) is 0 Å². The lowest BCUT2D eigenvalue weighted by Crippen LogP contribution is -2.15. The standard InChI is InChI=1S/C16H16BrFN2S/c1-12-7-8-14(13(18)11-12)20-16-6-3-2-5-15(16)19(21-20)10-4-9-17/h2-3,5-8,11H,4,9-10H2,1H3. The minimum absolute atomic E-state index is 0.181. The summed E-state index contributed by atoms with van der Waals surface area (Å²) in [6.07, 6.45) is 1.05. The van der Waals surface area contributed by atoms with Crippen LogP contribution in [0.4, 0.5) is 21.5 Å². The molecule has 21 heavy (non-hydrogen) atoms. The topological polar surface area (TPSA) is 6.48 Å². The van der Waals surface area contributed by atoms with Crippen molar-refractivity contribution in [3.8, 4) is 0 Å². The second kappa shape index (κ2) is 6.28. The summed E-state index contributed by atoms with van der Waals surface area (Å²) in [5, 5.41) is 0.963. The van der Waals surface area contributed by atoms with E-state index in [1.54, 1.807) is 18.2 Å². The van der Waals surface area contributed by atoms with Gasteiger partial charge in [-0.05, 0) is 43.2 Å². The van der Waals surface area contributed by atoms with Crippen LogP contribution in [0.5, 0.6) is 0 Å². The number of fused-ring (bicyclic) bond motifs is 1. The van der Waals surface area contributed by atoms with Crippen molar-refractivity contribution in [3.63, 3.8) is 0 Å². The first-order chi connectivity index (χ1) is 10.2. The first-order valence-electron chi connectivity index (χ1n) is 6.87. The molecule has 0 saturated heterocycles. The molecule has 1 aliphatic heterocycles. The fourth-order valence-electron chi connectivity index (χ4n) is 2.35. The Balaban J connectivity index is 1.97. The van der Waals surface area contributed by atoms with Crippen molar-refractivity contribution in [3.05, 3.63) is 53.8 Å². The molecule has 0 radical (unpaired) electrons. The Kier molecular flexibility index (Phi) is 4.40. The second-order valence-electron chi connectivity index (χ2n) is 4.96. The van der Waals surface area contributed by atoms with Gasteiger partial charge in [-0.15, -0.1) is 0 Å². The van der Waals surface area contributed by atoms with Gasteiger partial charge in [0.1, 0.15) is 5.82 Å². The van der Waals surface area contributed by atoms with Crippen molar-refractivity contribution in [1.82, 2.24) is 0 Å². The highest BCUT2D eigenvalue weighted by Crippen LogP contribution is 2.49. The van der Waals surface area contributed by atoms with Crippen LogP contribution in [0.3, 0.4) is 0 Å². The summed E-state index contributed by atoms with van der Waals surface area (Å²) in [7, 11) is 0. The monoisotopic (exact) mass is 366 g/mol. The van der Waals surface area contributed by atoms with Crippen LogP contribution in [0.2, 0.25) is 0 Å². The number of alkyl halides is 1. The first kappa shape index (κ1) is 14.7. The fourth-order valence-corrected chi connectivity index (χ4v) is 3.73. The van der Waals surface area contributed by atoms with Crippen LogP contribution in [0.15, 0.2) is 42.5 Å². The maximum Gasteiger partial charge on any atom is 0.148 e. The minimum Gasteiger partial charge on any atom is -0.296 e. The number of hydrogen-bond donors (Lipinski definition) is 0. The van der Waals surface area contributed by atoms with Crippen LogP contribution in [-0.2, 0) is 0 Å². The van der Waals surface area contributed by atoms with Crippen LogP contribution in [0.1, 0.15) is 12.0 Å². The zero-order valence-electron chi connectivity index (χ0n) is 11.7. The SMILES string of the molecule is Cc1ccc(N2SN(CCCBr)c3ccccc32)c(F)c1. The van der Waals surface area contributed by atoms with Gasteiger partial charge in [0.05, 0.1) is 29.2 Å². The molecule has 3 rings (SSSR count). The van der Waals surface area contributed by atoms with Gasteiger partial charge < -0.3 is 0 Å². The molecule has 0 amide bonds. The van der Waals surface area contributed by atoms with E-state index in [9.17, 15) is 4.39 Å². The second-order valence-corrected chi connectivity index (χ2v) is 6.73. The molecular weight excluding hydrogens is 351 g/mol. The Hall–Kier alpha value is -1.20. The zero-order valence-corrected chi connectivity index (χ0v) is 14.1. The highest BCUT2D eigenvalue weighted by molar-refractivity contribution is 9.09. The van der Waals surface area contributed by atoms with Gasteiger partial charge in [-0.3, -0.25) is 8.61 Å². The summed E-state index contributed by atoms with van der Waals surface area (Å²) in [5.41, 5.74) is 3.73. The molecule has 0 saturated carbocycles. The lowest BCUT2D eigenvalue weighted by Gasteiger charge is -2.20. The highest BCUT2D eigenvalue weighted by Gasteiger charge is 2.29. The van der Waals surface area contributed by atoms with Gasteiger partial charge in [-0.1, -0.05) is 34.1 Å². The Labute approximate surface area is 137 Å². The Morgan fingerprint density at radius 2 is 1.86 bits per heavy atom. The Bertz CT molecular complexity index is 650. The van der Waals surface area contributed by atoms with E-state index in [1.165, 1.54) is 0 Å². The number of halogens is 2. The van der Waals surface area contributed by atoms with Gasteiger partial charge in [0.2, 0.25) is 0 Å². The number of para-hydroxylation sites is 2. The zero-order chi connectivity index (χ0) is 14.8. The molecule has 110 valence electrons. The van der Waals surface area contributed by atoms with Gasteiger partial charge in [-0.2, -0.15) is 0 Å². The molecule has 0 aromatic heterocycles. The van der Waals surface area contributed by atoms with E-state index in [0.717, 1.165) is 35.2 Å². The minimum atomic E-state index is -0.181. The molecule has 5 heteroatoms. The van der Waals surface area contributed by atoms with Crippen molar-refractivity contribution < 1.29 is 4.39 Å². The van der Waals surface area contributed by atoms with Crippen LogP contribution < -0.4 is 8.61 Å². The van der Waals surface area contributed by atoms with E-state index in [0.29, 0.717) is 5.69 Å². The molecule has 0 aliphatic carbocycles. The van der Waals surface area contributed by atoms with Crippen molar-refractivity contribution >= 4 is 45.1 Å². The molecule has 0 bridgehead atoms. The number of aryl methyl sites for hydroxylation is 1. The third-order valence-electron chi connectivity index (χ3n) is 3.37. The molecule has 0 unspecified atom stereocenters. The molecule has 0 fully saturated rings. The molecule has 0 atom stereocenters. The van der Waals surface area contributed by atoms with E-state index < -0.39 is 0 Å². The largest absolute Gasteiger partial charge is 0.296 e. The molecule has 0 N–H and O–H groups in total.